The number of benzene rings is 1. The van der Waals surface area contributed by atoms with E-state index < -0.39 is 0 Å². The van der Waals surface area contributed by atoms with Crippen LogP contribution < -0.4 is 5.73 Å². The van der Waals surface area contributed by atoms with Gasteiger partial charge in [-0.1, -0.05) is 18.2 Å². The summed E-state index contributed by atoms with van der Waals surface area (Å²) < 4.78 is 0. The zero-order valence-corrected chi connectivity index (χ0v) is 4.87. The van der Waals surface area contributed by atoms with Crippen LogP contribution in [0.5, 0.6) is 0 Å². The van der Waals surface area contributed by atoms with Gasteiger partial charge in [-0.05, 0) is 12.1 Å². The quantitative estimate of drug-likeness (QED) is 0.584. The molecule has 0 bridgehead atoms. The first-order chi connectivity index (χ1) is 4.30. The molecule has 0 atom stereocenters. The summed E-state index contributed by atoms with van der Waals surface area (Å²) in [7, 11) is 0. The van der Waals surface area contributed by atoms with Crippen molar-refractivity contribution in [3.8, 4) is 0 Å². The van der Waals surface area contributed by atoms with Gasteiger partial charge in [0.2, 0.25) is 5.91 Å². The van der Waals surface area contributed by atoms with Gasteiger partial charge in [0.15, 0.2) is 0 Å². The summed E-state index contributed by atoms with van der Waals surface area (Å²) in [6.45, 7) is 0. The first kappa shape index (κ1) is 5.82. The van der Waals surface area contributed by atoms with Crippen molar-refractivity contribution in [3.63, 3.8) is 0 Å². The number of hydrogen-bond acceptors (Lipinski definition) is 1. The number of amides is 1. The lowest BCUT2D eigenvalue weighted by Gasteiger charge is -1.89. The molecule has 0 spiro atoms. The molecule has 2 N–H and O–H groups in total. The fourth-order valence-electron chi connectivity index (χ4n) is 0.602. The number of hydrogen-bond donors (Lipinski definition) is 1. The van der Waals surface area contributed by atoms with Crippen LogP contribution in [0.15, 0.2) is 30.3 Å². The van der Waals surface area contributed by atoms with Crippen LogP contribution >= 0.6 is 0 Å². The van der Waals surface area contributed by atoms with Crippen LogP contribution in [0.2, 0.25) is 0 Å². The van der Waals surface area contributed by atoms with Gasteiger partial charge in [-0.25, -0.2) is 0 Å². The lowest BCUT2D eigenvalue weighted by molar-refractivity contribution is 0.100. The molecular formula is C7H7NO. The van der Waals surface area contributed by atoms with E-state index in [0.29, 0.717) is 5.56 Å². The van der Waals surface area contributed by atoms with Crippen LogP contribution in [0.1, 0.15) is 10.4 Å². The molecule has 9 heavy (non-hydrogen) atoms. The molecule has 46 valence electrons. The first-order valence-corrected chi connectivity index (χ1v) is 2.65. The molecule has 2 heteroatoms. The average molecular weight is 120 g/mol. The molecule has 1 aromatic carbocycles. The Bertz CT molecular complexity index is 205. The molecule has 2 nitrogen and oxygen atoms in total. The van der Waals surface area contributed by atoms with Crippen molar-refractivity contribution in [2.45, 2.75) is 0 Å². The Hall–Kier alpha value is -1.31. The lowest BCUT2D eigenvalue weighted by Crippen LogP contribution is -2.09. The van der Waals surface area contributed by atoms with Gasteiger partial charge in [0.05, 0.1) is 0 Å². The summed E-state index contributed by atoms with van der Waals surface area (Å²) in [5, 5.41) is 0. The summed E-state index contributed by atoms with van der Waals surface area (Å²) in [6, 6.07) is 8.76. The lowest BCUT2D eigenvalue weighted by atomic mass is 9.91. The summed E-state index contributed by atoms with van der Waals surface area (Å²) in [6.07, 6.45) is 0. The van der Waals surface area contributed by atoms with E-state index in [0.717, 1.165) is 0 Å². The second-order valence-corrected chi connectivity index (χ2v) is 1.73. The third kappa shape index (κ3) is 1.29. The summed E-state index contributed by atoms with van der Waals surface area (Å²) in [5.41, 5.74) is 5.53. The number of carbonyl (C=O) groups excluding carboxylic acids is 1. The van der Waals surface area contributed by atoms with Crippen LogP contribution in [-0.2, 0) is 0 Å². The van der Waals surface area contributed by atoms with Crippen LogP contribution in [0.25, 0.3) is 0 Å². The van der Waals surface area contributed by atoms with E-state index in [1.165, 1.54) is 0 Å². The Kier molecular flexibility index (Phi) is 1.49. The molecule has 1 rings (SSSR count). The highest BCUT2D eigenvalue weighted by Gasteiger charge is 1.93. The zero-order chi connectivity index (χ0) is 6.69. The second kappa shape index (κ2) is 2.31. The fourth-order valence-corrected chi connectivity index (χ4v) is 0.602. The van der Waals surface area contributed by atoms with Gasteiger partial charge in [-0.3, -0.25) is 4.79 Å². The van der Waals surface area contributed by atoms with Crippen molar-refractivity contribution in [2.75, 3.05) is 0 Å². The maximum Gasteiger partial charge on any atom is 0.248 e. The first-order valence-electron chi connectivity index (χ1n) is 2.65. The molecule has 0 aromatic heterocycles. The van der Waals surface area contributed by atoms with Gasteiger partial charge in [0, 0.05) is 5.56 Å². The van der Waals surface area contributed by atoms with Crippen molar-refractivity contribution < 1.29 is 4.79 Å². The van der Waals surface area contributed by atoms with Crippen LogP contribution in [0, 0.1) is 0 Å². The molecule has 1 aromatic rings. The van der Waals surface area contributed by atoms with Gasteiger partial charge in [-0.2, -0.15) is 0 Å². The minimum Gasteiger partial charge on any atom is -0.366 e. The maximum atomic E-state index is 10.4. The van der Waals surface area contributed by atoms with Crippen LogP contribution in [0.3, 0.4) is 0 Å². The van der Waals surface area contributed by atoms with E-state index in [-0.39, 0.29) is 5.91 Å². The van der Waals surface area contributed by atoms with Crippen molar-refractivity contribution in [2.24, 2.45) is 5.73 Å². The monoisotopic (exact) mass is 120 g/mol. The van der Waals surface area contributed by atoms with Crippen molar-refractivity contribution in [1.29, 1.82) is 0 Å². The van der Waals surface area contributed by atoms with E-state index in [1.807, 2.05) is 6.07 Å². The third-order valence-electron chi connectivity index (χ3n) is 1.06. The molecule has 0 aliphatic carbocycles. The van der Waals surface area contributed by atoms with Gasteiger partial charge < -0.3 is 5.73 Å². The van der Waals surface area contributed by atoms with E-state index >= 15 is 0 Å². The highest BCUT2D eigenvalue weighted by molar-refractivity contribution is 5.92. The molecule has 0 fully saturated rings. The highest BCUT2D eigenvalue weighted by Crippen LogP contribution is 1.94. The van der Waals surface area contributed by atoms with Gasteiger partial charge in [0.25, 0.3) is 0 Å². The number of primary amides is 1. The molecule has 0 saturated carbocycles. The molecule has 0 radical (unpaired) electrons. The van der Waals surface area contributed by atoms with Crippen molar-refractivity contribution in [3.05, 3.63) is 35.9 Å². The summed E-state index contributed by atoms with van der Waals surface area (Å²) in [4.78, 5) is 10.4. The van der Waals surface area contributed by atoms with Gasteiger partial charge >= 0.3 is 0 Å². The molecule has 0 aliphatic rings. The largest absolute Gasteiger partial charge is 0.366 e. The molecule has 0 aliphatic heterocycles. The third-order valence-corrected chi connectivity index (χ3v) is 1.06. The van der Waals surface area contributed by atoms with E-state index in [1.54, 1.807) is 24.3 Å². The number of nitrogens with two attached hydrogens (primary N) is 1. The molecule has 1 amide bonds. The number of carbonyl (C=O) groups is 1. The van der Waals surface area contributed by atoms with Crippen LogP contribution in [-0.4, -0.2) is 5.91 Å². The Morgan fingerprint density at radius 3 is 2.11 bits per heavy atom. The van der Waals surface area contributed by atoms with Crippen molar-refractivity contribution >= 4 is 5.91 Å². The zero-order valence-electron chi connectivity index (χ0n) is 4.87. The maximum absolute atomic E-state index is 10.4. The Balaban J connectivity index is 2.98. The van der Waals surface area contributed by atoms with Crippen molar-refractivity contribution in [1.82, 2.24) is 0 Å². The fraction of sp³-hybridized carbons (Fsp3) is 0. The van der Waals surface area contributed by atoms with Gasteiger partial charge in [-0.15, -0.1) is 0 Å². The standard InChI is InChI=1S/C7H7NO/c8-7(9)6-4-2-1-3-5-6/h1-5H,(H2,8,9)/i7-1. The predicted octanol–water partition coefficient (Wildman–Crippen LogP) is 0.786. The summed E-state index contributed by atoms with van der Waals surface area (Å²) in [5.74, 6) is -0.379. The SMILES string of the molecule is N[11C](=O)c1ccccc1. The highest BCUT2D eigenvalue weighted by atomic mass is 16.1. The predicted molar refractivity (Wildman–Crippen MR) is 35.0 cm³/mol. The smallest absolute Gasteiger partial charge is 0.248 e. The van der Waals surface area contributed by atoms with E-state index in [4.69, 9.17) is 5.73 Å². The number of rotatable bonds is 1. The molecular weight excluding hydrogens is 113 g/mol. The van der Waals surface area contributed by atoms with E-state index in [9.17, 15) is 4.79 Å². The second-order valence-electron chi connectivity index (χ2n) is 1.73. The minimum absolute atomic E-state index is 0.379. The average Bonchev–Trinajstić information content (AvgIpc) is 1.90. The van der Waals surface area contributed by atoms with Crippen LogP contribution in [0.4, 0.5) is 0 Å². The normalized spacial score (nSPS) is 8.89. The molecule has 0 unspecified atom stereocenters. The van der Waals surface area contributed by atoms with E-state index in [2.05, 4.69) is 0 Å². The minimum atomic E-state index is -0.379. The Labute approximate surface area is 53.3 Å². The Morgan fingerprint density at radius 2 is 1.78 bits per heavy atom. The van der Waals surface area contributed by atoms with Gasteiger partial charge in [0.1, 0.15) is 0 Å². The Morgan fingerprint density at radius 1 is 1.22 bits per heavy atom. The topological polar surface area (TPSA) is 43.1 Å². The molecule has 0 saturated heterocycles. The summed E-state index contributed by atoms with van der Waals surface area (Å²) >= 11 is 0. The molecule has 0 heterocycles.